The highest BCUT2D eigenvalue weighted by molar-refractivity contribution is 5.75. The SMILES string of the molecule is COc1cccc(-c2nc3cc(C)ccn3c2CC(N)C(=O)O)c1. The van der Waals surface area contributed by atoms with E-state index in [1.807, 2.05) is 53.9 Å². The fraction of sp³-hybridized carbons (Fsp3) is 0.222. The number of carboxylic acids is 1. The van der Waals surface area contributed by atoms with Gasteiger partial charge < -0.3 is 20.0 Å². The lowest BCUT2D eigenvalue weighted by Crippen LogP contribution is -2.32. The van der Waals surface area contributed by atoms with Crippen molar-refractivity contribution in [1.82, 2.24) is 9.38 Å². The van der Waals surface area contributed by atoms with Crippen molar-refractivity contribution in [3.8, 4) is 17.0 Å². The number of benzene rings is 1. The van der Waals surface area contributed by atoms with Gasteiger partial charge in [0.25, 0.3) is 0 Å². The Bertz CT molecular complexity index is 902. The molecule has 0 radical (unpaired) electrons. The number of carboxylic acid groups (broad SMARTS) is 1. The predicted molar refractivity (Wildman–Crippen MR) is 91.2 cm³/mol. The van der Waals surface area contributed by atoms with E-state index in [4.69, 9.17) is 20.6 Å². The number of nitrogens with zero attached hydrogens (tertiary/aromatic N) is 2. The van der Waals surface area contributed by atoms with Crippen LogP contribution in [0.3, 0.4) is 0 Å². The molecule has 6 heteroatoms. The summed E-state index contributed by atoms with van der Waals surface area (Å²) in [5.74, 6) is -0.317. The zero-order chi connectivity index (χ0) is 17.3. The molecule has 0 saturated carbocycles. The number of pyridine rings is 1. The molecule has 0 aliphatic carbocycles. The summed E-state index contributed by atoms with van der Waals surface area (Å²) in [5, 5.41) is 9.17. The molecule has 0 bridgehead atoms. The number of fused-ring (bicyclic) bond motifs is 1. The molecule has 0 fully saturated rings. The molecule has 2 aromatic heterocycles. The highest BCUT2D eigenvalue weighted by Crippen LogP contribution is 2.28. The van der Waals surface area contributed by atoms with Crippen LogP contribution < -0.4 is 10.5 Å². The van der Waals surface area contributed by atoms with Crippen molar-refractivity contribution in [1.29, 1.82) is 0 Å². The number of hydrogen-bond donors (Lipinski definition) is 2. The summed E-state index contributed by atoms with van der Waals surface area (Å²) in [5.41, 5.74) is 9.97. The summed E-state index contributed by atoms with van der Waals surface area (Å²) < 4.78 is 7.17. The Balaban J connectivity index is 2.19. The number of methoxy groups -OCH3 is 1. The quantitative estimate of drug-likeness (QED) is 0.751. The summed E-state index contributed by atoms with van der Waals surface area (Å²) in [4.78, 5) is 15.9. The molecule has 2 heterocycles. The minimum atomic E-state index is -1.03. The molecular formula is C18H19N3O3. The van der Waals surface area contributed by atoms with Crippen LogP contribution in [0.5, 0.6) is 5.75 Å². The number of ether oxygens (including phenoxy) is 1. The van der Waals surface area contributed by atoms with Crippen LogP contribution in [-0.4, -0.2) is 33.6 Å². The molecule has 3 aromatic rings. The molecule has 24 heavy (non-hydrogen) atoms. The first kappa shape index (κ1) is 16.0. The average Bonchev–Trinajstić information content (AvgIpc) is 2.92. The normalized spacial score (nSPS) is 12.3. The van der Waals surface area contributed by atoms with Crippen LogP contribution in [0.2, 0.25) is 0 Å². The van der Waals surface area contributed by atoms with Crippen molar-refractivity contribution in [2.75, 3.05) is 7.11 Å². The van der Waals surface area contributed by atoms with Gasteiger partial charge in [-0.1, -0.05) is 12.1 Å². The van der Waals surface area contributed by atoms with Crippen molar-refractivity contribution in [2.45, 2.75) is 19.4 Å². The number of aliphatic carboxylic acids is 1. The molecule has 0 amide bonds. The van der Waals surface area contributed by atoms with Crippen molar-refractivity contribution in [2.24, 2.45) is 5.73 Å². The lowest BCUT2D eigenvalue weighted by molar-refractivity contribution is -0.138. The standard InChI is InChI=1S/C18H19N3O3/c1-11-6-7-21-15(10-14(19)18(22)23)17(20-16(21)8-11)12-4-3-5-13(9-12)24-2/h3-9,14H,10,19H2,1-2H3,(H,22,23). The number of nitrogens with two attached hydrogens (primary N) is 1. The van der Waals surface area contributed by atoms with Gasteiger partial charge in [-0.15, -0.1) is 0 Å². The maximum atomic E-state index is 11.2. The van der Waals surface area contributed by atoms with Gasteiger partial charge in [0.1, 0.15) is 17.4 Å². The summed E-state index contributed by atoms with van der Waals surface area (Å²) in [7, 11) is 1.60. The number of rotatable bonds is 5. The third-order valence-electron chi connectivity index (χ3n) is 3.95. The van der Waals surface area contributed by atoms with Crippen LogP contribution in [-0.2, 0) is 11.2 Å². The lowest BCUT2D eigenvalue weighted by atomic mass is 10.1. The molecule has 1 unspecified atom stereocenters. The maximum Gasteiger partial charge on any atom is 0.320 e. The number of carbonyl (C=O) groups is 1. The minimum absolute atomic E-state index is 0.187. The zero-order valence-electron chi connectivity index (χ0n) is 13.6. The van der Waals surface area contributed by atoms with Crippen molar-refractivity contribution >= 4 is 11.6 Å². The monoisotopic (exact) mass is 325 g/mol. The van der Waals surface area contributed by atoms with E-state index in [2.05, 4.69) is 0 Å². The highest BCUT2D eigenvalue weighted by atomic mass is 16.5. The van der Waals surface area contributed by atoms with Crippen LogP contribution in [0.1, 0.15) is 11.3 Å². The predicted octanol–water partition coefficient (Wildman–Crippen LogP) is 2.27. The molecule has 6 nitrogen and oxygen atoms in total. The summed E-state index contributed by atoms with van der Waals surface area (Å²) in [6.45, 7) is 1.99. The van der Waals surface area contributed by atoms with Gasteiger partial charge in [0.05, 0.1) is 18.5 Å². The van der Waals surface area contributed by atoms with Gasteiger partial charge in [-0.3, -0.25) is 4.79 Å². The molecule has 0 aliphatic rings. The third kappa shape index (κ3) is 2.96. The number of hydrogen-bond acceptors (Lipinski definition) is 4. The van der Waals surface area contributed by atoms with E-state index in [0.717, 1.165) is 28.2 Å². The van der Waals surface area contributed by atoms with Gasteiger partial charge in [0.15, 0.2) is 0 Å². The second kappa shape index (κ2) is 6.33. The van der Waals surface area contributed by atoms with Crippen molar-refractivity contribution in [3.05, 3.63) is 53.9 Å². The van der Waals surface area contributed by atoms with E-state index in [-0.39, 0.29) is 6.42 Å². The number of aryl methyl sites for hydroxylation is 1. The lowest BCUT2D eigenvalue weighted by Gasteiger charge is -2.09. The smallest absolute Gasteiger partial charge is 0.320 e. The van der Waals surface area contributed by atoms with Crippen LogP contribution in [0.4, 0.5) is 0 Å². The Hall–Kier alpha value is -2.86. The van der Waals surface area contributed by atoms with Gasteiger partial charge >= 0.3 is 5.97 Å². The first-order valence-electron chi connectivity index (χ1n) is 7.60. The second-order valence-electron chi connectivity index (χ2n) is 5.72. The first-order chi connectivity index (χ1) is 11.5. The topological polar surface area (TPSA) is 89.9 Å². The average molecular weight is 325 g/mol. The van der Waals surface area contributed by atoms with E-state index in [1.165, 1.54) is 0 Å². The molecule has 3 rings (SSSR count). The summed E-state index contributed by atoms with van der Waals surface area (Å²) in [6, 6.07) is 10.5. The van der Waals surface area contributed by atoms with Gasteiger partial charge in [0.2, 0.25) is 0 Å². The number of aromatic nitrogens is 2. The van der Waals surface area contributed by atoms with E-state index >= 15 is 0 Å². The fourth-order valence-electron chi connectivity index (χ4n) is 2.69. The van der Waals surface area contributed by atoms with Crippen LogP contribution >= 0.6 is 0 Å². The molecule has 0 saturated heterocycles. The van der Waals surface area contributed by atoms with Crippen molar-refractivity contribution < 1.29 is 14.6 Å². The Kier molecular flexibility index (Phi) is 4.22. The van der Waals surface area contributed by atoms with Crippen LogP contribution in [0.15, 0.2) is 42.6 Å². The second-order valence-corrected chi connectivity index (χ2v) is 5.72. The van der Waals surface area contributed by atoms with Crippen LogP contribution in [0.25, 0.3) is 16.9 Å². The maximum absolute atomic E-state index is 11.2. The third-order valence-corrected chi connectivity index (χ3v) is 3.95. The Morgan fingerprint density at radius 3 is 2.88 bits per heavy atom. The van der Waals surface area contributed by atoms with E-state index in [9.17, 15) is 4.79 Å². The molecule has 124 valence electrons. The molecular weight excluding hydrogens is 306 g/mol. The minimum Gasteiger partial charge on any atom is -0.497 e. The molecule has 1 atom stereocenters. The van der Waals surface area contributed by atoms with E-state index in [0.29, 0.717) is 5.75 Å². The Morgan fingerprint density at radius 1 is 1.38 bits per heavy atom. The van der Waals surface area contributed by atoms with E-state index < -0.39 is 12.0 Å². The largest absolute Gasteiger partial charge is 0.497 e. The Labute approximate surface area is 139 Å². The summed E-state index contributed by atoms with van der Waals surface area (Å²) >= 11 is 0. The molecule has 0 spiro atoms. The molecule has 1 aromatic carbocycles. The number of imidazole rings is 1. The van der Waals surface area contributed by atoms with Gasteiger partial charge in [-0.25, -0.2) is 4.98 Å². The van der Waals surface area contributed by atoms with Gasteiger partial charge in [-0.05, 0) is 36.8 Å². The van der Waals surface area contributed by atoms with Crippen LogP contribution in [0, 0.1) is 6.92 Å². The van der Waals surface area contributed by atoms with Gasteiger partial charge in [0, 0.05) is 18.2 Å². The van der Waals surface area contributed by atoms with Gasteiger partial charge in [-0.2, -0.15) is 0 Å². The first-order valence-corrected chi connectivity index (χ1v) is 7.60. The fourth-order valence-corrected chi connectivity index (χ4v) is 2.69. The molecule has 3 N–H and O–H groups in total. The Morgan fingerprint density at radius 2 is 2.17 bits per heavy atom. The van der Waals surface area contributed by atoms with E-state index in [1.54, 1.807) is 7.11 Å². The van der Waals surface area contributed by atoms with Crippen molar-refractivity contribution in [3.63, 3.8) is 0 Å². The molecule has 0 aliphatic heterocycles. The highest BCUT2D eigenvalue weighted by Gasteiger charge is 2.20. The zero-order valence-corrected chi connectivity index (χ0v) is 13.6. The summed E-state index contributed by atoms with van der Waals surface area (Å²) in [6.07, 6.45) is 2.08.